The van der Waals surface area contributed by atoms with Gasteiger partial charge >= 0.3 is 19.0 Å². The molecule has 25 heteroatoms. The largest absolute Gasteiger partial charge is 0.508 e. The van der Waals surface area contributed by atoms with Crippen LogP contribution in [0.5, 0.6) is 28.7 Å². The first kappa shape index (κ1) is 114. The lowest BCUT2D eigenvalue weighted by Crippen LogP contribution is -2.46. The molecule has 16 bridgehead atoms. The fourth-order valence-corrected chi connectivity index (χ4v) is 29.5. The van der Waals surface area contributed by atoms with Crippen LogP contribution >= 0.6 is 22.7 Å². The molecule has 2 amide bonds. The van der Waals surface area contributed by atoms with E-state index in [-0.39, 0.29) is 41.4 Å². The van der Waals surface area contributed by atoms with Gasteiger partial charge in [0.05, 0.1) is 66.6 Å². The summed E-state index contributed by atoms with van der Waals surface area (Å²) in [6, 6.07) is 41.1. The molecule has 22 nitrogen and oxygen atoms in total. The number of hydrogen-bond donors (Lipinski definition) is 4. The first-order chi connectivity index (χ1) is 68.6. The van der Waals surface area contributed by atoms with Crippen molar-refractivity contribution < 1.29 is 76.6 Å². The van der Waals surface area contributed by atoms with Crippen LogP contribution in [-0.2, 0) is 42.9 Å². The summed E-state index contributed by atoms with van der Waals surface area (Å²) in [5.41, 5.74) is 6.83. The monoisotopic (exact) mass is 2010 g/mol. The number of ether oxygens (including phenoxy) is 4. The van der Waals surface area contributed by atoms with Crippen molar-refractivity contribution >= 4 is 92.4 Å². The van der Waals surface area contributed by atoms with E-state index < -0.39 is 16.7 Å². The van der Waals surface area contributed by atoms with E-state index in [9.17, 15) is 43.7 Å². The number of aromatic hydroxyl groups is 1. The van der Waals surface area contributed by atoms with E-state index in [1.165, 1.54) is 193 Å². The number of ketones is 4. The number of Topliss-reactive ketones (excluding diaryl/α,β-unsaturated/α-hetero) is 4. The molecular weight excluding hydrogens is 1850 g/mol. The zero-order valence-corrected chi connectivity index (χ0v) is 90.8. The van der Waals surface area contributed by atoms with E-state index in [0.717, 1.165) is 172 Å². The molecule has 144 heavy (non-hydrogen) atoms. The van der Waals surface area contributed by atoms with Crippen LogP contribution in [0.2, 0.25) is 5.82 Å². The van der Waals surface area contributed by atoms with Gasteiger partial charge in [0.15, 0.2) is 0 Å². The Hall–Kier alpha value is -10.0. The van der Waals surface area contributed by atoms with Gasteiger partial charge in [-0.05, 0) is 409 Å². The van der Waals surface area contributed by atoms with E-state index in [4.69, 9.17) is 48.4 Å². The van der Waals surface area contributed by atoms with Crippen LogP contribution < -0.4 is 29.8 Å². The quantitative estimate of drug-likeness (QED) is 0.0238. The molecule has 16 saturated carbocycles. The van der Waals surface area contributed by atoms with Gasteiger partial charge in [-0.2, -0.15) is 9.59 Å². The first-order valence-corrected chi connectivity index (χ1v) is 54.8. The topological polar surface area (TPSA) is 324 Å². The second-order valence-corrected chi connectivity index (χ2v) is 47.5. The maximum Gasteiger partial charge on any atom is 0.460 e. The molecule has 0 atom stereocenters. The number of nitrogens with zero attached hydrogens (tertiary/aromatic N) is 1. The summed E-state index contributed by atoms with van der Waals surface area (Å²) in [7, 11) is 6.47. The van der Waals surface area contributed by atoms with Crippen molar-refractivity contribution in [1.82, 2.24) is 10.3 Å². The molecule has 1 saturated heterocycles. The van der Waals surface area contributed by atoms with Crippen molar-refractivity contribution in [2.75, 3.05) is 28.4 Å². The molecule has 5 heterocycles. The predicted octanol–water partition coefficient (Wildman–Crippen LogP) is 28.2. The lowest BCUT2D eigenvalue weighted by atomic mass is 9.48. The van der Waals surface area contributed by atoms with E-state index >= 15 is 0 Å². The van der Waals surface area contributed by atoms with Crippen molar-refractivity contribution in [3.05, 3.63) is 187 Å². The maximum absolute atomic E-state index is 11.8. The lowest BCUT2D eigenvalue weighted by molar-refractivity contribution is -0.383. The number of pyridine rings is 1. The number of aromatic nitrogens is 1. The number of aryl methyl sites for hydroxylation is 3. The van der Waals surface area contributed by atoms with E-state index in [1.807, 2.05) is 146 Å². The Morgan fingerprint density at radius 1 is 0.458 bits per heavy atom. The molecule has 5 aromatic carbocycles. The summed E-state index contributed by atoms with van der Waals surface area (Å²) >= 11 is 2.50. The van der Waals surface area contributed by atoms with Gasteiger partial charge < -0.3 is 38.3 Å². The molecule has 0 radical (unpaired) electrons. The lowest BCUT2D eigenvalue weighted by Gasteiger charge is -2.56. The molecule has 17 fully saturated rings. The van der Waals surface area contributed by atoms with Gasteiger partial charge in [0, 0.05) is 61.1 Å². The number of aromatic amines is 1. The smallest absolute Gasteiger partial charge is 0.460 e. The van der Waals surface area contributed by atoms with Gasteiger partial charge in [0.25, 0.3) is 17.4 Å². The predicted molar refractivity (Wildman–Crippen MR) is 575 cm³/mol. The maximum atomic E-state index is 11.8. The van der Waals surface area contributed by atoms with Gasteiger partial charge in [0.2, 0.25) is 0 Å². The Kier molecular flexibility index (Phi) is 40.9. The van der Waals surface area contributed by atoms with Crippen molar-refractivity contribution in [2.24, 2.45) is 92.7 Å². The van der Waals surface area contributed by atoms with Gasteiger partial charge in [-0.1, -0.05) is 108 Å². The van der Waals surface area contributed by atoms with Gasteiger partial charge in [0.1, 0.15) is 62.3 Å². The average molecular weight is 2010 g/mol. The van der Waals surface area contributed by atoms with Crippen LogP contribution in [0.25, 0.3) is 31.0 Å². The number of rotatable bonds is 20. The molecule has 8 aromatic rings. The Labute approximate surface area is 863 Å². The number of fused-ring (bicyclic) bond motifs is 2. The first-order valence-electron chi connectivity index (χ1n) is 53.1. The third kappa shape index (κ3) is 30.6. The zero-order chi connectivity index (χ0) is 105. The van der Waals surface area contributed by atoms with E-state index in [2.05, 4.69) is 65.7 Å². The molecule has 4 N–H and O–H groups in total. The number of phenols is 1. The minimum atomic E-state index is -0.648. The number of phenolic OH excluding ortho intramolecular Hbond substituents is 1. The normalized spacial score (nSPS) is 27.1. The zero-order valence-electron chi connectivity index (χ0n) is 89.1. The number of carbonyl (C=O) groups excluding carboxylic acids is 8. The van der Waals surface area contributed by atoms with Crippen molar-refractivity contribution in [3.8, 4) is 49.6 Å². The summed E-state index contributed by atoms with van der Waals surface area (Å²) in [6.07, 6.45) is 42.4. The fraction of sp³-hybridized carbons (Fsp3) is 0.588. The third-order valence-corrected chi connectivity index (χ3v) is 35.5. The molecule has 16 aliphatic carbocycles. The Morgan fingerprint density at radius 3 is 0.965 bits per heavy atom. The molecule has 780 valence electrons. The molecule has 2 aliphatic heterocycles. The Bertz CT molecular complexity index is 5250. The number of nitro groups is 1. The second-order valence-electron chi connectivity index (χ2n) is 45.4. The molecule has 0 unspecified atom stereocenters. The van der Waals surface area contributed by atoms with Crippen LogP contribution in [0.1, 0.15) is 320 Å². The van der Waals surface area contributed by atoms with Crippen molar-refractivity contribution in [2.45, 2.75) is 326 Å². The molecular formula is C119H161BN4O18S2. The molecule has 3 aromatic heterocycles. The summed E-state index contributed by atoms with van der Waals surface area (Å²) in [6.45, 7) is 30.7. The number of hydrogen-bond acceptors (Lipinski definition) is 21. The highest BCUT2D eigenvalue weighted by atomic mass is 32.1. The highest BCUT2D eigenvalue weighted by Crippen LogP contribution is 2.66. The number of H-pyrrole nitrogens is 1. The standard InChI is InChI=1S/C14H10N2O4S.C14H10N2O3S.4C14H22O.C9H19BO2.2C8H10O.C7H8O.C2H6.CO2/c1-20-9-4-2-8(3-5-9)12-6-10-13(21-12)11(16(18)19)7-15-14(10)17;1-19-8-4-2-7(3-5-8)10-6-9-12(20-10)11(15)14(18)16-13(9)17;4*1-2-13(15)9-14-6-10-3-11(7-14)5-12(4-10)8-14;1-7(2)10-11-8(3,4)9(5,6)12-10;2*1-7-3-5-8(9-2)6-4-7;1-6-2-4-7(8)5-3-6;1-2;2-1-3/h2-7H,1H3,(H,15,17);2-6,15H,1H3,(H,16,17,18);4*10-12H,2-9H2,1H3;7H,1-6H3;2*3-6H,1-2H3;2-5,8H,1H3;1-2H3;. The van der Waals surface area contributed by atoms with Gasteiger partial charge in [-0.15, -0.1) is 22.7 Å². The number of amides is 2. The van der Waals surface area contributed by atoms with Crippen molar-refractivity contribution in [3.63, 3.8) is 0 Å². The number of benzene rings is 5. The minimum absolute atomic E-state index is 0.0463. The summed E-state index contributed by atoms with van der Waals surface area (Å²) < 4.78 is 32.1. The Morgan fingerprint density at radius 2 is 0.722 bits per heavy atom. The van der Waals surface area contributed by atoms with E-state index in [1.54, 1.807) is 64.8 Å². The van der Waals surface area contributed by atoms with Crippen molar-refractivity contribution in [1.29, 1.82) is 5.41 Å². The van der Waals surface area contributed by atoms with E-state index in [0.29, 0.717) is 76.9 Å². The van der Waals surface area contributed by atoms with Crippen LogP contribution in [0.3, 0.4) is 0 Å². The summed E-state index contributed by atoms with van der Waals surface area (Å²) in [5.74, 6) is 16.9. The number of imide groups is 1. The van der Waals surface area contributed by atoms with Crippen LogP contribution in [0, 0.1) is 129 Å². The summed E-state index contributed by atoms with van der Waals surface area (Å²) in [4.78, 5) is 113. The molecule has 18 aliphatic rings. The van der Waals surface area contributed by atoms with Gasteiger partial charge in [-0.25, -0.2) is 0 Å². The number of methoxy groups -OCH3 is 4. The molecule has 0 spiro atoms. The minimum Gasteiger partial charge on any atom is -0.508 e. The fourth-order valence-electron chi connectivity index (χ4n) is 27.3. The summed E-state index contributed by atoms with van der Waals surface area (Å²) in [5, 5.41) is 30.0. The number of thiophene rings is 2. The van der Waals surface area contributed by atoms with Crippen LogP contribution in [0.15, 0.2) is 144 Å². The second kappa shape index (κ2) is 51.5. The molecule has 26 rings (SSSR count). The third-order valence-electron chi connectivity index (χ3n) is 33.0. The highest BCUT2D eigenvalue weighted by molar-refractivity contribution is 7.22. The SMILES string of the molecule is CC.CC(C)B1OC(C)(C)C(C)(C)O1.CCC(=O)CC12CC3CC(CC(C3)C1)C2.CCC(=O)CC12CC3CC(CC(C3)C1)C2.CCC(=O)CC12CC3CC(CC(C3)C1)C2.CCC(=O)CC12CC3CC(CC(C3)C1)C2.COc1ccc(-c2cc3c(=O)[nH]cc([N+](=O)[O-])c3s2)cc1.COc1ccc(-c2cc3c(s2)C(=N)C(=O)NC3=O)cc1.COc1ccc(C)cc1.COc1ccc(C)cc1.Cc1ccc(O)cc1.O=C=O. The van der Waals surface area contributed by atoms with Crippen LogP contribution in [-0.4, -0.2) is 109 Å². The average Bonchev–Trinajstić information content (AvgIpc) is 1.59. The number of nitrogens with one attached hydrogen (secondary N) is 3. The van der Waals surface area contributed by atoms with Gasteiger partial charge in [-0.3, -0.25) is 54.4 Å². The Balaban J connectivity index is 0.000000153. The highest BCUT2D eigenvalue weighted by Gasteiger charge is 2.56. The number of carbonyl (C=O) groups is 6. The van der Waals surface area contributed by atoms with Crippen LogP contribution in [0.4, 0.5) is 5.69 Å².